The van der Waals surface area contributed by atoms with Crippen LogP contribution >= 0.6 is 15.9 Å². The van der Waals surface area contributed by atoms with Gasteiger partial charge in [-0.1, -0.05) is 6.07 Å². The molecule has 2 rings (SSSR count). The standard InChI is InChI=1S/C14H10BrF2NO/c15-11-6-8(18)4-5-9(11)14(19)7-10-12(16)2-1-3-13(10)17/h1-6H,7,18H2. The van der Waals surface area contributed by atoms with Crippen molar-refractivity contribution >= 4 is 27.4 Å². The molecule has 0 amide bonds. The molecule has 0 saturated carbocycles. The molecule has 0 aromatic heterocycles. The Kier molecular flexibility index (Phi) is 3.95. The molecule has 0 spiro atoms. The summed E-state index contributed by atoms with van der Waals surface area (Å²) in [7, 11) is 0. The maximum Gasteiger partial charge on any atom is 0.168 e. The molecule has 2 aromatic rings. The summed E-state index contributed by atoms with van der Waals surface area (Å²) < 4.78 is 27.4. The molecule has 0 aliphatic carbocycles. The van der Waals surface area contributed by atoms with E-state index in [0.717, 1.165) is 12.1 Å². The van der Waals surface area contributed by atoms with Crippen LogP contribution in [0.4, 0.5) is 14.5 Å². The molecule has 0 bridgehead atoms. The van der Waals surface area contributed by atoms with Gasteiger partial charge in [0.1, 0.15) is 11.6 Å². The first-order chi connectivity index (χ1) is 8.99. The Hall–Kier alpha value is -1.75. The average molecular weight is 326 g/mol. The summed E-state index contributed by atoms with van der Waals surface area (Å²) in [6.45, 7) is 0. The van der Waals surface area contributed by atoms with E-state index in [2.05, 4.69) is 15.9 Å². The lowest BCUT2D eigenvalue weighted by Gasteiger charge is -2.06. The molecule has 0 aliphatic rings. The zero-order chi connectivity index (χ0) is 14.0. The second kappa shape index (κ2) is 5.48. The van der Waals surface area contributed by atoms with Crippen LogP contribution in [0.1, 0.15) is 15.9 Å². The largest absolute Gasteiger partial charge is 0.399 e. The second-order valence-electron chi connectivity index (χ2n) is 4.04. The summed E-state index contributed by atoms with van der Waals surface area (Å²) in [4.78, 5) is 12.0. The number of Topliss-reactive ketones (excluding diaryl/α,β-unsaturated/α-hetero) is 1. The lowest BCUT2D eigenvalue weighted by Crippen LogP contribution is -2.08. The van der Waals surface area contributed by atoms with Gasteiger partial charge >= 0.3 is 0 Å². The van der Waals surface area contributed by atoms with Gasteiger partial charge in [0.25, 0.3) is 0 Å². The van der Waals surface area contributed by atoms with Crippen LogP contribution in [0.2, 0.25) is 0 Å². The van der Waals surface area contributed by atoms with Crippen molar-refractivity contribution in [1.29, 1.82) is 0 Å². The Morgan fingerprint density at radius 2 is 1.79 bits per heavy atom. The average Bonchev–Trinajstić information content (AvgIpc) is 2.33. The van der Waals surface area contributed by atoms with E-state index in [4.69, 9.17) is 5.73 Å². The van der Waals surface area contributed by atoms with Crippen molar-refractivity contribution in [3.8, 4) is 0 Å². The maximum absolute atomic E-state index is 13.5. The Morgan fingerprint density at radius 3 is 2.37 bits per heavy atom. The minimum Gasteiger partial charge on any atom is -0.399 e. The van der Waals surface area contributed by atoms with Gasteiger partial charge in [-0.3, -0.25) is 4.79 Å². The molecule has 2 N–H and O–H groups in total. The number of ketones is 1. The van der Waals surface area contributed by atoms with E-state index in [9.17, 15) is 13.6 Å². The van der Waals surface area contributed by atoms with Gasteiger partial charge in [-0.2, -0.15) is 0 Å². The monoisotopic (exact) mass is 325 g/mol. The minimum absolute atomic E-state index is 0.226. The highest BCUT2D eigenvalue weighted by molar-refractivity contribution is 9.10. The predicted molar refractivity (Wildman–Crippen MR) is 72.9 cm³/mol. The van der Waals surface area contributed by atoms with E-state index in [0.29, 0.717) is 15.7 Å². The molecule has 0 saturated heterocycles. The van der Waals surface area contributed by atoms with Gasteiger partial charge in [0, 0.05) is 27.7 Å². The molecule has 0 fully saturated rings. The van der Waals surface area contributed by atoms with Crippen molar-refractivity contribution in [3.63, 3.8) is 0 Å². The lowest BCUT2D eigenvalue weighted by atomic mass is 10.0. The van der Waals surface area contributed by atoms with Crippen LogP contribution in [0.15, 0.2) is 40.9 Å². The number of nitrogen functional groups attached to an aromatic ring is 1. The van der Waals surface area contributed by atoms with Crippen molar-refractivity contribution in [2.75, 3.05) is 5.73 Å². The number of carbonyl (C=O) groups excluding carboxylic acids is 1. The highest BCUT2D eigenvalue weighted by Crippen LogP contribution is 2.22. The molecule has 19 heavy (non-hydrogen) atoms. The normalized spacial score (nSPS) is 10.5. The van der Waals surface area contributed by atoms with Crippen molar-refractivity contribution in [1.82, 2.24) is 0 Å². The number of anilines is 1. The van der Waals surface area contributed by atoms with Crippen LogP contribution in [-0.4, -0.2) is 5.78 Å². The summed E-state index contributed by atoms with van der Waals surface area (Å²) in [5, 5.41) is 0. The molecule has 0 radical (unpaired) electrons. The third kappa shape index (κ3) is 2.98. The van der Waals surface area contributed by atoms with Gasteiger partial charge in [-0.25, -0.2) is 8.78 Å². The Labute approximate surface area is 117 Å². The topological polar surface area (TPSA) is 43.1 Å². The Morgan fingerprint density at radius 1 is 1.16 bits per heavy atom. The van der Waals surface area contributed by atoms with E-state index in [1.165, 1.54) is 12.1 Å². The minimum atomic E-state index is -0.722. The Balaban J connectivity index is 2.31. The van der Waals surface area contributed by atoms with Gasteiger partial charge in [-0.15, -0.1) is 0 Å². The molecule has 0 heterocycles. The zero-order valence-electron chi connectivity index (χ0n) is 9.79. The number of rotatable bonds is 3. The molecule has 2 aromatic carbocycles. The van der Waals surface area contributed by atoms with Crippen LogP contribution < -0.4 is 5.73 Å². The lowest BCUT2D eigenvalue weighted by molar-refractivity contribution is 0.0990. The van der Waals surface area contributed by atoms with Crippen LogP contribution in [-0.2, 0) is 6.42 Å². The third-order valence-corrected chi connectivity index (χ3v) is 3.35. The molecular weight excluding hydrogens is 316 g/mol. The number of nitrogens with two attached hydrogens (primary N) is 1. The van der Waals surface area contributed by atoms with Crippen LogP contribution in [0.25, 0.3) is 0 Å². The Bertz CT molecular complexity index is 623. The molecular formula is C14H10BrF2NO. The maximum atomic E-state index is 13.5. The number of benzene rings is 2. The van der Waals surface area contributed by atoms with E-state index in [-0.39, 0.29) is 17.8 Å². The molecule has 5 heteroatoms. The second-order valence-corrected chi connectivity index (χ2v) is 4.89. The third-order valence-electron chi connectivity index (χ3n) is 2.69. The van der Waals surface area contributed by atoms with Crippen LogP contribution in [0.3, 0.4) is 0 Å². The first kappa shape index (κ1) is 13.7. The summed E-state index contributed by atoms with van der Waals surface area (Å²) in [6.07, 6.45) is -0.332. The number of carbonyl (C=O) groups is 1. The van der Waals surface area contributed by atoms with Crippen LogP contribution in [0, 0.1) is 11.6 Å². The van der Waals surface area contributed by atoms with Crippen LogP contribution in [0.5, 0.6) is 0 Å². The highest BCUT2D eigenvalue weighted by atomic mass is 79.9. The number of hydrogen-bond acceptors (Lipinski definition) is 2. The van der Waals surface area contributed by atoms with E-state index < -0.39 is 11.6 Å². The molecule has 98 valence electrons. The fraction of sp³-hybridized carbons (Fsp3) is 0.0714. The molecule has 0 aliphatic heterocycles. The summed E-state index contributed by atoms with van der Waals surface area (Å²) >= 11 is 3.21. The van der Waals surface area contributed by atoms with Gasteiger partial charge in [0.05, 0.1) is 0 Å². The molecule has 0 atom stereocenters. The van der Waals surface area contributed by atoms with Gasteiger partial charge in [0.15, 0.2) is 5.78 Å². The van der Waals surface area contributed by atoms with E-state index >= 15 is 0 Å². The van der Waals surface area contributed by atoms with Crippen molar-refractivity contribution in [2.24, 2.45) is 0 Å². The van der Waals surface area contributed by atoms with Crippen molar-refractivity contribution < 1.29 is 13.6 Å². The predicted octanol–water partition coefficient (Wildman–Crippen LogP) is 3.73. The summed E-state index contributed by atoms with van der Waals surface area (Å²) in [5.41, 5.74) is 6.19. The zero-order valence-corrected chi connectivity index (χ0v) is 11.4. The number of halogens is 3. The number of hydrogen-bond donors (Lipinski definition) is 1. The first-order valence-electron chi connectivity index (χ1n) is 5.50. The smallest absolute Gasteiger partial charge is 0.168 e. The van der Waals surface area contributed by atoms with E-state index in [1.807, 2.05) is 0 Å². The molecule has 2 nitrogen and oxygen atoms in total. The van der Waals surface area contributed by atoms with Crippen molar-refractivity contribution in [2.45, 2.75) is 6.42 Å². The van der Waals surface area contributed by atoms with Gasteiger partial charge in [0.2, 0.25) is 0 Å². The van der Waals surface area contributed by atoms with Gasteiger partial charge in [-0.05, 0) is 46.3 Å². The van der Waals surface area contributed by atoms with E-state index in [1.54, 1.807) is 12.1 Å². The fourth-order valence-electron chi connectivity index (χ4n) is 1.71. The summed E-state index contributed by atoms with van der Waals surface area (Å²) in [6, 6.07) is 8.19. The quantitative estimate of drug-likeness (QED) is 0.690. The van der Waals surface area contributed by atoms with Gasteiger partial charge < -0.3 is 5.73 Å². The SMILES string of the molecule is Nc1ccc(C(=O)Cc2c(F)cccc2F)c(Br)c1. The summed E-state index contributed by atoms with van der Waals surface area (Å²) in [5.74, 6) is -1.82. The fourth-order valence-corrected chi connectivity index (χ4v) is 2.33. The highest BCUT2D eigenvalue weighted by Gasteiger charge is 2.16. The first-order valence-corrected chi connectivity index (χ1v) is 6.29. The molecule has 0 unspecified atom stereocenters. The van der Waals surface area contributed by atoms with Crippen molar-refractivity contribution in [3.05, 3.63) is 63.6 Å².